The van der Waals surface area contributed by atoms with Gasteiger partial charge in [0, 0.05) is 0 Å². The third-order valence-electron chi connectivity index (χ3n) is 4.48. The highest BCUT2D eigenvalue weighted by atomic mass is 35.5. The van der Waals surface area contributed by atoms with E-state index in [0.29, 0.717) is 5.75 Å². The molecule has 1 saturated heterocycles. The standard InChI is InChI=1S/C17H18ClNO7S3/c1-26-17-6-5-12(9-16(17)18)19-29(24,25)14-4-2-3-13(10-14)28(22,23)15-7-8-27(20,21)11-15/h2-6,9-10,15,19H,7-8,11H2,1H3. The van der Waals surface area contributed by atoms with E-state index in [1.807, 2.05) is 0 Å². The summed E-state index contributed by atoms with van der Waals surface area (Å²) in [7, 11) is -10.1. The maximum Gasteiger partial charge on any atom is 0.261 e. The smallest absolute Gasteiger partial charge is 0.261 e. The number of halogens is 1. The average molecular weight is 480 g/mol. The molecule has 158 valence electrons. The summed E-state index contributed by atoms with van der Waals surface area (Å²) in [5.41, 5.74) is 0.172. The third kappa shape index (κ3) is 4.68. The lowest BCUT2D eigenvalue weighted by molar-refractivity contribution is 0.415. The molecule has 3 rings (SSSR count). The number of anilines is 1. The fourth-order valence-corrected chi connectivity index (χ4v) is 8.79. The number of benzene rings is 2. The van der Waals surface area contributed by atoms with Gasteiger partial charge in [-0.2, -0.15) is 0 Å². The SMILES string of the molecule is COc1ccc(NS(=O)(=O)c2cccc(S(=O)(=O)C3CCS(=O)(=O)C3)c2)cc1Cl. The van der Waals surface area contributed by atoms with Gasteiger partial charge in [-0.3, -0.25) is 4.72 Å². The van der Waals surface area contributed by atoms with Crippen molar-refractivity contribution >= 4 is 47.0 Å². The van der Waals surface area contributed by atoms with Gasteiger partial charge in [-0.15, -0.1) is 0 Å². The highest BCUT2D eigenvalue weighted by molar-refractivity contribution is 7.96. The molecule has 8 nitrogen and oxygen atoms in total. The van der Waals surface area contributed by atoms with E-state index < -0.39 is 40.7 Å². The molecule has 0 radical (unpaired) electrons. The zero-order chi connectivity index (χ0) is 21.4. The molecule has 1 heterocycles. The first-order chi connectivity index (χ1) is 13.4. The Bertz CT molecular complexity index is 1260. The first-order valence-corrected chi connectivity index (χ1v) is 13.6. The second-order valence-corrected chi connectivity index (χ2v) is 13.0. The van der Waals surface area contributed by atoms with Crippen LogP contribution in [0.3, 0.4) is 0 Å². The number of sulfone groups is 2. The molecule has 0 saturated carbocycles. The van der Waals surface area contributed by atoms with E-state index in [4.69, 9.17) is 16.3 Å². The average Bonchev–Trinajstić information content (AvgIpc) is 3.02. The number of ether oxygens (including phenoxy) is 1. The van der Waals surface area contributed by atoms with Crippen molar-refractivity contribution in [1.82, 2.24) is 0 Å². The molecular formula is C17H18ClNO7S3. The van der Waals surface area contributed by atoms with Crippen molar-refractivity contribution in [3.05, 3.63) is 47.5 Å². The number of sulfonamides is 1. The molecule has 1 atom stereocenters. The third-order valence-corrected chi connectivity index (χ3v) is 10.3. The van der Waals surface area contributed by atoms with E-state index in [-0.39, 0.29) is 32.7 Å². The molecule has 1 unspecified atom stereocenters. The molecular weight excluding hydrogens is 462 g/mol. The summed E-state index contributed by atoms with van der Waals surface area (Å²) in [5, 5.41) is -0.884. The van der Waals surface area contributed by atoms with E-state index in [0.717, 1.165) is 6.07 Å². The summed E-state index contributed by atoms with van der Waals surface area (Å²) >= 11 is 6.00. The number of methoxy groups -OCH3 is 1. The van der Waals surface area contributed by atoms with Crippen molar-refractivity contribution in [3.63, 3.8) is 0 Å². The van der Waals surface area contributed by atoms with E-state index in [1.165, 1.54) is 43.5 Å². The zero-order valence-corrected chi connectivity index (χ0v) is 18.4. The lowest BCUT2D eigenvalue weighted by atomic mass is 10.3. The zero-order valence-electron chi connectivity index (χ0n) is 15.2. The van der Waals surface area contributed by atoms with Crippen molar-refractivity contribution in [3.8, 4) is 5.75 Å². The highest BCUT2D eigenvalue weighted by Crippen LogP contribution is 2.30. The Morgan fingerprint density at radius 2 is 1.76 bits per heavy atom. The van der Waals surface area contributed by atoms with Gasteiger partial charge in [0.15, 0.2) is 19.7 Å². The summed E-state index contributed by atoms with van der Waals surface area (Å²) in [6.07, 6.45) is -0.00968. The first kappa shape index (κ1) is 21.9. The minimum atomic E-state index is -4.11. The van der Waals surface area contributed by atoms with Crippen LogP contribution < -0.4 is 9.46 Å². The van der Waals surface area contributed by atoms with Crippen LogP contribution in [0, 0.1) is 0 Å². The molecule has 2 aromatic carbocycles. The van der Waals surface area contributed by atoms with Crippen LogP contribution in [0.15, 0.2) is 52.3 Å². The Morgan fingerprint density at radius 3 is 2.34 bits per heavy atom. The summed E-state index contributed by atoms with van der Waals surface area (Å²) < 4.78 is 81.5. The number of rotatable bonds is 6. The van der Waals surface area contributed by atoms with E-state index in [2.05, 4.69) is 4.72 Å². The molecule has 1 aliphatic heterocycles. The molecule has 2 aromatic rings. The Balaban J connectivity index is 1.91. The minimum absolute atomic E-state index is 0.00968. The van der Waals surface area contributed by atoms with Gasteiger partial charge >= 0.3 is 0 Å². The second kappa shape index (κ2) is 7.78. The van der Waals surface area contributed by atoms with Crippen LogP contribution in [0.4, 0.5) is 5.69 Å². The van der Waals surface area contributed by atoms with Crippen LogP contribution in [-0.4, -0.2) is 49.1 Å². The molecule has 0 amide bonds. The normalized spacial score (nSPS) is 19.0. The molecule has 12 heteroatoms. The molecule has 1 fully saturated rings. The molecule has 29 heavy (non-hydrogen) atoms. The largest absolute Gasteiger partial charge is 0.495 e. The van der Waals surface area contributed by atoms with Crippen molar-refractivity contribution in [2.75, 3.05) is 23.3 Å². The van der Waals surface area contributed by atoms with E-state index in [1.54, 1.807) is 0 Å². The van der Waals surface area contributed by atoms with Crippen molar-refractivity contribution in [2.24, 2.45) is 0 Å². The van der Waals surface area contributed by atoms with E-state index in [9.17, 15) is 25.3 Å². The van der Waals surface area contributed by atoms with Gasteiger partial charge in [0.25, 0.3) is 10.0 Å². The van der Waals surface area contributed by atoms with Crippen molar-refractivity contribution < 1.29 is 30.0 Å². The van der Waals surface area contributed by atoms with Crippen molar-refractivity contribution in [1.29, 1.82) is 0 Å². The van der Waals surface area contributed by atoms with Crippen molar-refractivity contribution in [2.45, 2.75) is 21.5 Å². The Hall–Kier alpha value is -1.82. The molecule has 1 N–H and O–H groups in total. The van der Waals surface area contributed by atoms with Gasteiger partial charge in [0.1, 0.15) is 5.75 Å². The van der Waals surface area contributed by atoms with Gasteiger partial charge in [-0.25, -0.2) is 25.3 Å². The molecule has 0 aromatic heterocycles. The van der Waals surface area contributed by atoms with Crippen LogP contribution in [0.25, 0.3) is 0 Å². The quantitative estimate of drug-likeness (QED) is 0.672. The van der Waals surface area contributed by atoms with Gasteiger partial charge in [-0.1, -0.05) is 17.7 Å². The van der Waals surface area contributed by atoms with Gasteiger partial charge in [0.05, 0.1) is 44.4 Å². The Kier molecular flexibility index (Phi) is 5.87. The van der Waals surface area contributed by atoms with Crippen LogP contribution in [0.5, 0.6) is 5.75 Å². The number of hydrogen-bond donors (Lipinski definition) is 1. The second-order valence-electron chi connectivity index (χ2n) is 6.50. The van der Waals surface area contributed by atoms with Crippen LogP contribution in [0.2, 0.25) is 5.02 Å². The Morgan fingerprint density at radius 1 is 1.07 bits per heavy atom. The summed E-state index contributed by atoms with van der Waals surface area (Å²) in [6, 6.07) is 9.12. The predicted octanol–water partition coefficient (Wildman–Crippen LogP) is 2.11. The monoisotopic (exact) mass is 479 g/mol. The maximum atomic E-state index is 12.8. The molecule has 0 bridgehead atoms. The van der Waals surface area contributed by atoms with Gasteiger partial charge < -0.3 is 4.74 Å². The minimum Gasteiger partial charge on any atom is -0.495 e. The van der Waals surface area contributed by atoms with Crippen LogP contribution >= 0.6 is 11.6 Å². The Labute approximate surface area is 174 Å². The fourth-order valence-electron chi connectivity index (χ4n) is 2.96. The van der Waals surface area contributed by atoms with Crippen LogP contribution in [0.1, 0.15) is 6.42 Å². The summed E-state index contributed by atoms with van der Waals surface area (Å²) in [5.74, 6) is -0.293. The topological polar surface area (TPSA) is 124 Å². The summed E-state index contributed by atoms with van der Waals surface area (Å²) in [4.78, 5) is -0.512. The number of hydrogen-bond acceptors (Lipinski definition) is 7. The van der Waals surface area contributed by atoms with E-state index >= 15 is 0 Å². The molecule has 0 spiro atoms. The molecule has 1 aliphatic rings. The lowest BCUT2D eigenvalue weighted by Gasteiger charge is -2.13. The maximum absolute atomic E-state index is 12.8. The fraction of sp³-hybridized carbons (Fsp3) is 0.294. The predicted molar refractivity (Wildman–Crippen MR) is 109 cm³/mol. The lowest BCUT2D eigenvalue weighted by Crippen LogP contribution is -2.23. The number of nitrogens with one attached hydrogen (secondary N) is 1. The first-order valence-electron chi connectivity index (χ1n) is 8.35. The van der Waals surface area contributed by atoms with Gasteiger partial charge in [-0.05, 0) is 42.8 Å². The highest BCUT2D eigenvalue weighted by Gasteiger charge is 2.38. The molecule has 0 aliphatic carbocycles. The summed E-state index contributed by atoms with van der Waals surface area (Å²) in [6.45, 7) is 0. The van der Waals surface area contributed by atoms with Gasteiger partial charge in [0.2, 0.25) is 0 Å². The van der Waals surface area contributed by atoms with Crippen LogP contribution in [-0.2, 0) is 29.7 Å².